The number of carboxylic acids is 1. The molecule has 0 aromatic carbocycles. The molecule has 0 radical (unpaired) electrons. The second-order valence-corrected chi connectivity index (χ2v) is 4.78. The smallest absolute Gasteiger partial charge is 0.358 e. The Labute approximate surface area is 117 Å². The minimum absolute atomic E-state index is 0.0485. The van der Waals surface area contributed by atoms with Crippen LogP contribution in [-0.2, 0) is 16.1 Å². The maximum atomic E-state index is 11.5. The summed E-state index contributed by atoms with van der Waals surface area (Å²) in [6.07, 6.45) is 1.95. The van der Waals surface area contributed by atoms with Gasteiger partial charge >= 0.3 is 5.97 Å². The van der Waals surface area contributed by atoms with Crippen LogP contribution in [0, 0.1) is 5.92 Å². The maximum absolute atomic E-state index is 11.5. The van der Waals surface area contributed by atoms with Crippen LogP contribution in [0.4, 0.5) is 0 Å². The van der Waals surface area contributed by atoms with Crippen molar-refractivity contribution >= 4 is 11.9 Å². The number of nitrogens with zero attached hydrogens (tertiary/aromatic N) is 3. The molecule has 0 atom stereocenters. The van der Waals surface area contributed by atoms with Crippen LogP contribution in [0.25, 0.3) is 0 Å². The van der Waals surface area contributed by atoms with Crippen LogP contribution >= 0.6 is 0 Å². The minimum atomic E-state index is -1.17. The van der Waals surface area contributed by atoms with Gasteiger partial charge < -0.3 is 15.2 Å². The maximum Gasteiger partial charge on any atom is 0.358 e. The molecule has 0 bridgehead atoms. The number of amides is 1. The van der Waals surface area contributed by atoms with Crippen LogP contribution in [0.3, 0.4) is 0 Å². The lowest BCUT2D eigenvalue weighted by molar-refractivity contribution is -0.121. The van der Waals surface area contributed by atoms with Crippen LogP contribution in [0.2, 0.25) is 0 Å². The molecule has 0 unspecified atom stereocenters. The molecule has 0 aliphatic rings. The number of aromatic carboxylic acids is 1. The van der Waals surface area contributed by atoms with E-state index in [4.69, 9.17) is 9.84 Å². The van der Waals surface area contributed by atoms with Crippen LogP contribution in [0.15, 0.2) is 6.20 Å². The number of hydrogen-bond acceptors (Lipinski definition) is 5. The largest absolute Gasteiger partial charge is 0.476 e. The van der Waals surface area contributed by atoms with Gasteiger partial charge in [-0.25, -0.2) is 9.48 Å². The highest BCUT2D eigenvalue weighted by Gasteiger charge is 2.10. The highest BCUT2D eigenvalue weighted by atomic mass is 16.5. The highest BCUT2D eigenvalue weighted by Crippen LogP contribution is 1.94. The molecular formula is C12H20N4O4. The number of rotatable bonds is 9. The van der Waals surface area contributed by atoms with Crippen LogP contribution < -0.4 is 5.32 Å². The third-order valence-electron chi connectivity index (χ3n) is 2.30. The molecular weight excluding hydrogens is 264 g/mol. The van der Waals surface area contributed by atoms with E-state index < -0.39 is 5.97 Å². The Bertz CT molecular complexity index is 444. The van der Waals surface area contributed by atoms with Gasteiger partial charge in [0.15, 0.2) is 5.69 Å². The topological polar surface area (TPSA) is 106 Å². The fourth-order valence-electron chi connectivity index (χ4n) is 1.40. The van der Waals surface area contributed by atoms with Crippen LogP contribution in [0.1, 0.15) is 30.8 Å². The minimum Gasteiger partial charge on any atom is -0.476 e. The van der Waals surface area contributed by atoms with Gasteiger partial charge in [0, 0.05) is 19.8 Å². The molecule has 1 heterocycles. The fourth-order valence-corrected chi connectivity index (χ4v) is 1.40. The lowest BCUT2D eigenvalue weighted by Gasteiger charge is -2.07. The van der Waals surface area contributed by atoms with Gasteiger partial charge in [-0.1, -0.05) is 19.1 Å². The van der Waals surface area contributed by atoms with Gasteiger partial charge in [-0.2, -0.15) is 0 Å². The summed E-state index contributed by atoms with van der Waals surface area (Å²) in [4.78, 5) is 22.1. The van der Waals surface area contributed by atoms with Gasteiger partial charge in [0.25, 0.3) is 0 Å². The van der Waals surface area contributed by atoms with Crippen molar-refractivity contribution in [3.63, 3.8) is 0 Å². The molecule has 1 rings (SSSR count). The lowest BCUT2D eigenvalue weighted by atomic mass is 10.2. The lowest BCUT2D eigenvalue weighted by Crippen LogP contribution is -2.29. The number of carbonyl (C=O) groups excluding carboxylic acids is 1. The second-order valence-electron chi connectivity index (χ2n) is 4.78. The monoisotopic (exact) mass is 284 g/mol. The molecule has 20 heavy (non-hydrogen) atoms. The zero-order valence-corrected chi connectivity index (χ0v) is 11.7. The summed E-state index contributed by atoms with van der Waals surface area (Å²) in [6, 6.07) is 0. The van der Waals surface area contributed by atoms with E-state index in [1.807, 2.05) is 0 Å². The Morgan fingerprint density at radius 2 is 2.25 bits per heavy atom. The first-order valence-corrected chi connectivity index (χ1v) is 6.47. The Morgan fingerprint density at radius 3 is 2.85 bits per heavy atom. The number of nitrogens with one attached hydrogen (secondary N) is 1. The number of hydrogen-bond donors (Lipinski definition) is 2. The van der Waals surface area contributed by atoms with E-state index in [2.05, 4.69) is 29.5 Å². The average Bonchev–Trinajstić information content (AvgIpc) is 2.81. The van der Waals surface area contributed by atoms with E-state index in [0.29, 0.717) is 25.7 Å². The fraction of sp³-hybridized carbons (Fsp3) is 0.667. The Balaban J connectivity index is 2.15. The normalized spacial score (nSPS) is 10.8. The van der Waals surface area contributed by atoms with E-state index in [9.17, 15) is 9.59 Å². The van der Waals surface area contributed by atoms with Crippen molar-refractivity contribution in [2.45, 2.75) is 26.8 Å². The van der Waals surface area contributed by atoms with Gasteiger partial charge in [0.1, 0.15) is 6.54 Å². The first-order chi connectivity index (χ1) is 9.49. The molecule has 0 saturated carbocycles. The number of carbonyl (C=O) groups is 2. The third kappa shape index (κ3) is 6.28. The highest BCUT2D eigenvalue weighted by molar-refractivity contribution is 5.84. The predicted molar refractivity (Wildman–Crippen MR) is 70.3 cm³/mol. The first-order valence-electron chi connectivity index (χ1n) is 6.47. The molecule has 8 heteroatoms. The number of ether oxygens (including phenoxy) is 1. The molecule has 2 N–H and O–H groups in total. The molecule has 0 aliphatic carbocycles. The second kappa shape index (κ2) is 8.26. The SMILES string of the molecule is CC(C)COCCCNC(=O)Cn1cc(C(=O)O)nn1. The standard InChI is InChI=1S/C12H20N4O4/c1-9(2)8-20-5-3-4-13-11(17)7-16-6-10(12(18)19)14-15-16/h6,9H,3-5,7-8H2,1-2H3,(H,13,17)(H,18,19). The molecule has 1 amide bonds. The Hall–Kier alpha value is -1.96. The van der Waals surface area contributed by atoms with Crippen molar-refractivity contribution in [1.82, 2.24) is 20.3 Å². The van der Waals surface area contributed by atoms with E-state index in [-0.39, 0.29) is 18.1 Å². The van der Waals surface area contributed by atoms with Crippen molar-refractivity contribution in [1.29, 1.82) is 0 Å². The molecule has 8 nitrogen and oxygen atoms in total. The van der Waals surface area contributed by atoms with Crippen LogP contribution in [-0.4, -0.2) is 51.7 Å². The summed E-state index contributed by atoms with van der Waals surface area (Å²) in [7, 11) is 0. The quantitative estimate of drug-likeness (QED) is 0.625. The Kier molecular flexibility index (Phi) is 6.65. The van der Waals surface area contributed by atoms with Crippen LogP contribution in [0.5, 0.6) is 0 Å². The van der Waals surface area contributed by atoms with Crippen molar-refractivity contribution in [3.8, 4) is 0 Å². The van der Waals surface area contributed by atoms with Crippen molar-refractivity contribution < 1.29 is 19.4 Å². The van der Waals surface area contributed by atoms with Crippen molar-refractivity contribution in [2.75, 3.05) is 19.8 Å². The molecule has 112 valence electrons. The summed E-state index contributed by atoms with van der Waals surface area (Å²) in [6.45, 7) is 5.93. The van der Waals surface area contributed by atoms with E-state index in [1.165, 1.54) is 10.9 Å². The van der Waals surface area contributed by atoms with E-state index in [1.54, 1.807) is 0 Å². The average molecular weight is 284 g/mol. The molecule has 0 saturated heterocycles. The summed E-state index contributed by atoms with van der Waals surface area (Å²) < 4.78 is 6.57. The van der Waals surface area contributed by atoms with Gasteiger partial charge in [0.2, 0.25) is 5.91 Å². The van der Waals surface area contributed by atoms with E-state index in [0.717, 1.165) is 6.42 Å². The summed E-state index contributed by atoms with van der Waals surface area (Å²) in [5, 5.41) is 18.3. The molecule has 1 aromatic heterocycles. The van der Waals surface area contributed by atoms with Gasteiger partial charge in [0.05, 0.1) is 6.20 Å². The van der Waals surface area contributed by atoms with Crippen molar-refractivity contribution in [2.24, 2.45) is 5.92 Å². The number of aromatic nitrogens is 3. The predicted octanol–water partition coefficient (Wildman–Crippen LogP) is 0.155. The summed E-state index contributed by atoms with van der Waals surface area (Å²) >= 11 is 0. The van der Waals surface area contributed by atoms with Gasteiger partial charge in [-0.05, 0) is 12.3 Å². The molecule has 1 aromatic rings. The summed E-state index contributed by atoms with van der Waals surface area (Å²) in [5.41, 5.74) is -0.181. The third-order valence-corrected chi connectivity index (χ3v) is 2.30. The molecule has 0 fully saturated rings. The van der Waals surface area contributed by atoms with Gasteiger partial charge in [-0.3, -0.25) is 4.79 Å². The molecule has 0 aliphatic heterocycles. The zero-order valence-electron chi connectivity index (χ0n) is 11.7. The van der Waals surface area contributed by atoms with E-state index >= 15 is 0 Å². The Morgan fingerprint density at radius 1 is 1.50 bits per heavy atom. The number of carboxylic acid groups (broad SMARTS) is 1. The van der Waals surface area contributed by atoms with Crippen molar-refractivity contribution in [3.05, 3.63) is 11.9 Å². The first kappa shape index (κ1) is 16.1. The zero-order chi connectivity index (χ0) is 15.0. The molecule has 0 spiro atoms. The van der Waals surface area contributed by atoms with Gasteiger partial charge in [-0.15, -0.1) is 5.10 Å². The summed E-state index contributed by atoms with van der Waals surface area (Å²) in [5.74, 6) is -0.907.